The van der Waals surface area contributed by atoms with Crippen LogP contribution in [0.5, 0.6) is 0 Å². The van der Waals surface area contributed by atoms with Gasteiger partial charge in [-0.3, -0.25) is 15.1 Å². The molecule has 1 amide bonds. The maximum absolute atomic E-state index is 11.8. The van der Waals surface area contributed by atoms with Gasteiger partial charge in [0.2, 0.25) is 5.91 Å². The molecule has 2 heterocycles. The first kappa shape index (κ1) is 13.0. The Morgan fingerprint density at radius 3 is 2.76 bits per heavy atom. The highest BCUT2D eigenvalue weighted by Gasteiger charge is 2.60. The molecule has 2 spiro atoms. The number of carbonyl (C=O) groups is 1. The van der Waals surface area contributed by atoms with Gasteiger partial charge >= 0.3 is 0 Å². The summed E-state index contributed by atoms with van der Waals surface area (Å²) in [5.41, 5.74) is 7.71. The molecule has 1 aromatic rings. The van der Waals surface area contributed by atoms with Gasteiger partial charge in [-0.05, 0) is 30.9 Å². The minimum atomic E-state index is -0.249. The molecule has 2 unspecified atom stereocenters. The quantitative estimate of drug-likeness (QED) is 0.829. The van der Waals surface area contributed by atoms with Crippen molar-refractivity contribution in [2.45, 2.75) is 55.5 Å². The number of hydrogen-bond acceptors (Lipinski definition) is 3. The summed E-state index contributed by atoms with van der Waals surface area (Å²) in [6, 6.07) is 8.08. The van der Waals surface area contributed by atoms with E-state index >= 15 is 0 Å². The molecular weight excluding hydrogens is 262 g/mol. The number of rotatable bonds is 1. The predicted molar refractivity (Wildman–Crippen MR) is 82.8 cm³/mol. The number of amides is 1. The van der Waals surface area contributed by atoms with Crippen LogP contribution in [-0.4, -0.2) is 23.7 Å². The molecule has 4 heteroatoms. The van der Waals surface area contributed by atoms with Crippen LogP contribution in [0, 0.1) is 0 Å². The Bertz CT molecular complexity index is 618. The Hall–Kier alpha value is -1.68. The standard InChI is InChI=1S/C17H21N3O/c18-15(21)14-10-16(17(20-14)8-4-1-5-9-17)11-19-13-7-3-2-6-12(13)16/h2-3,6-7,11,14,20H,1,4-5,8-10H2,(H2,18,21). The second kappa shape index (κ2) is 4.41. The number of carbonyl (C=O) groups excluding carboxylic acids is 1. The van der Waals surface area contributed by atoms with Crippen LogP contribution in [-0.2, 0) is 10.2 Å². The SMILES string of the molecule is NC(=O)C1CC2(C=Nc3ccccc32)C2(CCCCC2)N1. The summed E-state index contributed by atoms with van der Waals surface area (Å²) in [7, 11) is 0. The molecule has 4 rings (SSSR count). The van der Waals surface area contributed by atoms with Gasteiger partial charge in [-0.15, -0.1) is 0 Å². The highest BCUT2D eigenvalue weighted by atomic mass is 16.1. The predicted octanol–water partition coefficient (Wildman–Crippen LogP) is 2.19. The van der Waals surface area contributed by atoms with Crippen LogP contribution in [0.4, 0.5) is 5.69 Å². The van der Waals surface area contributed by atoms with Crippen LogP contribution >= 0.6 is 0 Å². The molecule has 3 N–H and O–H groups in total. The zero-order valence-electron chi connectivity index (χ0n) is 12.1. The van der Waals surface area contributed by atoms with Gasteiger partial charge in [0, 0.05) is 11.8 Å². The van der Waals surface area contributed by atoms with Crippen molar-refractivity contribution in [3.63, 3.8) is 0 Å². The van der Waals surface area contributed by atoms with Gasteiger partial charge < -0.3 is 5.73 Å². The molecule has 21 heavy (non-hydrogen) atoms. The van der Waals surface area contributed by atoms with E-state index in [0.717, 1.165) is 24.9 Å². The molecule has 2 aliphatic heterocycles. The zero-order chi connectivity index (χ0) is 14.5. The summed E-state index contributed by atoms with van der Waals surface area (Å²) in [6.45, 7) is 0. The first-order chi connectivity index (χ1) is 10.2. The molecule has 1 aromatic carbocycles. The smallest absolute Gasteiger partial charge is 0.234 e. The van der Waals surface area contributed by atoms with Crippen molar-refractivity contribution in [2.75, 3.05) is 0 Å². The molecule has 0 bridgehead atoms. The monoisotopic (exact) mass is 283 g/mol. The van der Waals surface area contributed by atoms with E-state index in [1.807, 2.05) is 6.07 Å². The Labute approximate surface area is 124 Å². The molecule has 2 fully saturated rings. The van der Waals surface area contributed by atoms with Gasteiger partial charge in [-0.25, -0.2) is 0 Å². The second-order valence-electron chi connectivity index (χ2n) is 6.69. The molecule has 110 valence electrons. The Kier molecular flexibility index (Phi) is 2.73. The third-order valence-electron chi connectivity index (χ3n) is 5.69. The molecule has 0 radical (unpaired) electrons. The van der Waals surface area contributed by atoms with E-state index < -0.39 is 0 Å². The first-order valence-electron chi connectivity index (χ1n) is 7.89. The Morgan fingerprint density at radius 2 is 2.00 bits per heavy atom. The maximum atomic E-state index is 11.8. The third-order valence-corrected chi connectivity index (χ3v) is 5.69. The molecule has 1 aliphatic carbocycles. The number of para-hydroxylation sites is 1. The van der Waals surface area contributed by atoms with Crippen molar-refractivity contribution in [1.29, 1.82) is 0 Å². The van der Waals surface area contributed by atoms with Gasteiger partial charge in [0.15, 0.2) is 0 Å². The van der Waals surface area contributed by atoms with Gasteiger partial charge in [0.1, 0.15) is 0 Å². The summed E-state index contributed by atoms with van der Waals surface area (Å²) in [6.07, 6.45) is 8.71. The topological polar surface area (TPSA) is 67.5 Å². The van der Waals surface area contributed by atoms with Crippen LogP contribution in [0.3, 0.4) is 0 Å². The van der Waals surface area contributed by atoms with Crippen LogP contribution in [0.2, 0.25) is 0 Å². The van der Waals surface area contributed by atoms with Crippen molar-refractivity contribution >= 4 is 17.8 Å². The number of nitrogens with two attached hydrogens (primary N) is 1. The van der Waals surface area contributed by atoms with Crippen molar-refractivity contribution < 1.29 is 4.79 Å². The van der Waals surface area contributed by atoms with Crippen LogP contribution in [0.15, 0.2) is 29.3 Å². The maximum Gasteiger partial charge on any atom is 0.234 e. The van der Waals surface area contributed by atoms with Crippen LogP contribution < -0.4 is 11.1 Å². The van der Waals surface area contributed by atoms with E-state index in [1.54, 1.807) is 0 Å². The molecule has 0 aromatic heterocycles. The molecule has 3 aliphatic rings. The number of primary amides is 1. The van der Waals surface area contributed by atoms with Crippen molar-refractivity contribution in [2.24, 2.45) is 10.7 Å². The molecule has 4 nitrogen and oxygen atoms in total. The molecule has 1 saturated heterocycles. The highest BCUT2D eigenvalue weighted by Crippen LogP contribution is 2.55. The normalized spacial score (nSPS) is 32.7. The van der Waals surface area contributed by atoms with E-state index in [-0.39, 0.29) is 22.9 Å². The number of benzene rings is 1. The fraction of sp³-hybridized carbons (Fsp3) is 0.529. The average Bonchev–Trinajstić information content (AvgIpc) is 3.02. The summed E-state index contributed by atoms with van der Waals surface area (Å²) < 4.78 is 0. The highest BCUT2D eigenvalue weighted by molar-refractivity contribution is 5.91. The summed E-state index contributed by atoms with van der Waals surface area (Å²) in [4.78, 5) is 16.5. The second-order valence-corrected chi connectivity index (χ2v) is 6.69. The van der Waals surface area contributed by atoms with Crippen molar-refractivity contribution in [1.82, 2.24) is 5.32 Å². The van der Waals surface area contributed by atoms with E-state index in [0.29, 0.717) is 0 Å². The Morgan fingerprint density at radius 1 is 1.24 bits per heavy atom. The largest absolute Gasteiger partial charge is 0.368 e. The fourth-order valence-corrected chi connectivity index (χ4v) is 4.70. The lowest BCUT2D eigenvalue weighted by atomic mass is 9.61. The number of nitrogens with one attached hydrogen (secondary N) is 1. The molecule has 1 saturated carbocycles. The van der Waals surface area contributed by atoms with E-state index in [2.05, 4.69) is 34.7 Å². The molecular formula is C17H21N3O. The van der Waals surface area contributed by atoms with Gasteiger partial charge in [0.05, 0.1) is 17.1 Å². The number of fused-ring (bicyclic) bond motifs is 3. The number of nitrogens with zero attached hydrogens (tertiary/aromatic N) is 1. The molecule has 2 atom stereocenters. The van der Waals surface area contributed by atoms with E-state index in [9.17, 15) is 4.79 Å². The van der Waals surface area contributed by atoms with Crippen LogP contribution in [0.25, 0.3) is 0 Å². The lowest BCUT2D eigenvalue weighted by Gasteiger charge is -2.45. The average molecular weight is 283 g/mol. The van der Waals surface area contributed by atoms with Crippen LogP contribution in [0.1, 0.15) is 44.1 Å². The lowest BCUT2D eigenvalue weighted by Crippen LogP contribution is -2.57. The van der Waals surface area contributed by atoms with Gasteiger partial charge in [-0.2, -0.15) is 0 Å². The summed E-state index contributed by atoms with van der Waals surface area (Å²) in [5.74, 6) is -0.241. The fourth-order valence-electron chi connectivity index (χ4n) is 4.70. The van der Waals surface area contributed by atoms with Gasteiger partial charge in [-0.1, -0.05) is 37.5 Å². The summed E-state index contributed by atoms with van der Waals surface area (Å²) >= 11 is 0. The van der Waals surface area contributed by atoms with Crippen molar-refractivity contribution in [3.05, 3.63) is 29.8 Å². The lowest BCUT2D eigenvalue weighted by molar-refractivity contribution is -0.119. The Balaban J connectivity index is 1.86. The first-order valence-corrected chi connectivity index (χ1v) is 7.89. The van der Waals surface area contributed by atoms with E-state index in [1.165, 1.54) is 24.8 Å². The zero-order valence-corrected chi connectivity index (χ0v) is 12.1. The summed E-state index contributed by atoms with van der Waals surface area (Å²) in [5, 5.41) is 3.61. The third kappa shape index (κ3) is 1.65. The minimum absolute atomic E-state index is 0.0545. The number of hydrogen-bond donors (Lipinski definition) is 2. The number of aliphatic imine (C=N–C) groups is 1. The van der Waals surface area contributed by atoms with E-state index in [4.69, 9.17) is 5.73 Å². The van der Waals surface area contributed by atoms with Gasteiger partial charge in [0.25, 0.3) is 0 Å². The van der Waals surface area contributed by atoms with Crippen molar-refractivity contribution in [3.8, 4) is 0 Å². The minimum Gasteiger partial charge on any atom is -0.368 e.